The summed E-state index contributed by atoms with van der Waals surface area (Å²) in [6.45, 7) is 5.09. The molecule has 0 amide bonds. The highest BCUT2D eigenvalue weighted by molar-refractivity contribution is 14.0. The summed E-state index contributed by atoms with van der Waals surface area (Å²) in [5.74, 6) is 1.72. The molecule has 0 spiro atoms. The Morgan fingerprint density at radius 2 is 2.06 bits per heavy atom. The summed E-state index contributed by atoms with van der Waals surface area (Å²) in [4.78, 5) is 11.4. The van der Waals surface area contributed by atoms with Crippen LogP contribution in [0.4, 0.5) is 5.69 Å². The van der Waals surface area contributed by atoms with Crippen molar-refractivity contribution in [1.82, 2.24) is 20.8 Å². The van der Waals surface area contributed by atoms with E-state index in [9.17, 15) is 0 Å². The number of hydrogen-bond acceptors (Lipinski definition) is 5. The fraction of sp³-hybridized carbons (Fsp3) is 0.318. The number of rotatable bonds is 6. The van der Waals surface area contributed by atoms with Crippen molar-refractivity contribution in [3.8, 4) is 11.4 Å². The van der Waals surface area contributed by atoms with E-state index >= 15 is 0 Å². The highest BCUT2D eigenvalue weighted by atomic mass is 127. The van der Waals surface area contributed by atoms with Crippen LogP contribution < -0.4 is 15.5 Å². The van der Waals surface area contributed by atoms with Crippen molar-refractivity contribution in [3.63, 3.8) is 0 Å². The largest absolute Gasteiger partial charge is 0.369 e. The molecule has 1 aliphatic heterocycles. The van der Waals surface area contributed by atoms with Gasteiger partial charge in [-0.05, 0) is 37.6 Å². The van der Waals surface area contributed by atoms with Gasteiger partial charge in [-0.1, -0.05) is 47.1 Å². The van der Waals surface area contributed by atoms with Crippen molar-refractivity contribution in [1.29, 1.82) is 0 Å². The molecule has 164 valence electrons. The lowest BCUT2D eigenvalue weighted by Crippen LogP contribution is -2.44. The molecule has 0 saturated carbocycles. The van der Waals surface area contributed by atoms with Gasteiger partial charge in [0.1, 0.15) is 6.54 Å². The van der Waals surface area contributed by atoms with E-state index in [0.29, 0.717) is 29.3 Å². The number of anilines is 1. The van der Waals surface area contributed by atoms with Crippen LogP contribution in [-0.4, -0.2) is 41.8 Å². The smallest absolute Gasteiger partial charge is 0.248 e. The third-order valence-electron chi connectivity index (χ3n) is 4.92. The molecule has 1 aliphatic rings. The quantitative estimate of drug-likeness (QED) is 0.269. The first-order chi connectivity index (χ1) is 14.7. The van der Waals surface area contributed by atoms with Gasteiger partial charge in [0.2, 0.25) is 11.7 Å². The first-order valence-corrected chi connectivity index (χ1v) is 10.5. The van der Waals surface area contributed by atoms with Gasteiger partial charge in [0, 0.05) is 41.9 Å². The van der Waals surface area contributed by atoms with E-state index in [-0.39, 0.29) is 24.0 Å². The van der Waals surface area contributed by atoms with Crippen LogP contribution in [0.5, 0.6) is 0 Å². The molecule has 2 N–H and O–H groups in total. The molecule has 0 bridgehead atoms. The number of halogens is 2. The standard InChI is InChI=1S/C22H25ClN6O.HI/c1-2-24-22(26-18-11-12-29(15-18)19-9-4-3-5-10-19)25-14-20-27-21(28-30-20)16-7-6-8-17(23)13-16;/h3-10,13,18H,2,11-12,14-15H2,1H3,(H2,24,25,26);1H. The highest BCUT2D eigenvalue weighted by Crippen LogP contribution is 2.21. The zero-order chi connectivity index (χ0) is 20.8. The molecule has 1 unspecified atom stereocenters. The topological polar surface area (TPSA) is 78.6 Å². The zero-order valence-corrected chi connectivity index (χ0v) is 20.4. The van der Waals surface area contributed by atoms with E-state index < -0.39 is 0 Å². The Kier molecular flexibility index (Phi) is 8.53. The lowest BCUT2D eigenvalue weighted by molar-refractivity contribution is 0.380. The summed E-state index contributed by atoms with van der Waals surface area (Å²) >= 11 is 6.04. The first-order valence-electron chi connectivity index (χ1n) is 10.1. The number of nitrogens with one attached hydrogen (secondary N) is 2. The van der Waals surface area contributed by atoms with E-state index in [4.69, 9.17) is 16.1 Å². The number of nitrogens with zero attached hydrogens (tertiary/aromatic N) is 4. The molecule has 0 aliphatic carbocycles. The fourth-order valence-corrected chi connectivity index (χ4v) is 3.67. The lowest BCUT2D eigenvalue weighted by Gasteiger charge is -2.20. The van der Waals surface area contributed by atoms with Crippen molar-refractivity contribution in [3.05, 3.63) is 65.5 Å². The van der Waals surface area contributed by atoms with Gasteiger partial charge in [0.15, 0.2) is 5.96 Å². The minimum absolute atomic E-state index is 0. The molecule has 2 aromatic carbocycles. The lowest BCUT2D eigenvalue weighted by atomic mass is 10.2. The first kappa shape index (κ1) is 23.3. The Morgan fingerprint density at radius 3 is 2.84 bits per heavy atom. The van der Waals surface area contributed by atoms with Gasteiger partial charge >= 0.3 is 0 Å². The Morgan fingerprint density at radius 1 is 1.23 bits per heavy atom. The summed E-state index contributed by atoms with van der Waals surface area (Å²) < 4.78 is 5.36. The summed E-state index contributed by atoms with van der Waals surface area (Å²) in [5, 5.41) is 11.5. The van der Waals surface area contributed by atoms with Crippen molar-refractivity contribution < 1.29 is 4.52 Å². The van der Waals surface area contributed by atoms with Gasteiger partial charge in [-0.3, -0.25) is 0 Å². The van der Waals surface area contributed by atoms with Crippen LogP contribution in [0, 0.1) is 0 Å². The molecule has 2 heterocycles. The minimum Gasteiger partial charge on any atom is -0.369 e. The van der Waals surface area contributed by atoms with E-state index in [2.05, 4.69) is 54.9 Å². The molecule has 0 radical (unpaired) electrons. The molecule has 3 aromatic rings. The summed E-state index contributed by atoms with van der Waals surface area (Å²) in [5.41, 5.74) is 2.07. The van der Waals surface area contributed by atoms with Gasteiger partial charge in [-0.2, -0.15) is 4.98 Å². The van der Waals surface area contributed by atoms with Crippen LogP contribution in [0.15, 0.2) is 64.1 Å². The highest BCUT2D eigenvalue weighted by Gasteiger charge is 2.23. The van der Waals surface area contributed by atoms with Gasteiger partial charge in [0.25, 0.3) is 0 Å². The predicted octanol–water partition coefficient (Wildman–Crippen LogP) is 4.34. The zero-order valence-electron chi connectivity index (χ0n) is 17.3. The Bertz CT molecular complexity index is 996. The van der Waals surface area contributed by atoms with Crippen LogP contribution in [0.25, 0.3) is 11.4 Å². The van der Waals surface area contributed by atoms with Gasteiger partial charge in [-0.15, -0.1) is 24.0 Å². The fourth-order valence-electron chi connectivity index (χ4n) is 3.48. The molecule has 9 heteroatoms. The molecule has 1 saturated heterocycles. The van der Waals surface area contributed by atoms with Crippen LogP contribution in [0.3, 0.4) is 0 Å². The maximum Gasteiger partial charge on any atom is 0.248 e. The van der Waals surface area contributed by atoms with Crippen molar-refractivity contribution in [2.45, 2.75) is 25.9 Å². The van der Waals surface area contributed by atoms with Crippen molar-refractivity contribution >= 4 is 47.2 Å². The van der Waals surface area contributed by atoms with Crippen LogP contribution in [-0.2, 0) is 6.54 Å². The Hall–Kier alpha value is -2.33. The van der Waals surface area contributed by atoms with E-state index in [1.165, 1.54) is 5.69 Å². The summed E-state index contributed by atoms with van der Waals surface area (Å²) in [6, 6.07) is 18.2. The van der Waals surface area contributed by atoms with E-state index in [1.807, 2.05) is 37.3 Å². The van der Waals surface area contributed by atoms with Crippen molar-refractivity contribution in [2.75, 3.05) is 24.5 Å². The predicted molar refractivity (Wildman–Crippen MR) is 135 cm³/mol. The second kappa shape index (κ2) is 11.3. The Labute approximate surface area is 204 Å². The molecule has 7 nitrogen and oxygen atoms in total. The normalized spacial score (nSPS) is 16.1. The minimum atomic E-state index is 0. The molecule has 31 heavy (non-hydrogen) atoms. The van der Waals surface area contributed by atoms with Crippen LogP contribution in [0.1, 0.15) is 19.2 Å². The molecular formula is C22H26ClIN6O. The average molecular weight is 553 g/mol. The monoisotopic (exact) mass is 552 g/mol. The van der Waals surface area contributed by atoms with Gasteiger partial charge in [0.05, 0.1) is 0 Å². The van der Waals surface area contributed by atoms with Gasteiger partial charge in [-0.25, -0.2) is 4.99 Å². The second-order valence-electron chi connectivity index (χ2n) is 7.13. The van der Waals surface area contributed by atoms with E-state index in [1.54, 1.807) is 0 Å². The number of aromatic nitrogens is 2. The maximum absolute atomic E-state index is 6.04. The SMILES string of the molecule is CCNC(=NCc1nc(-c2cccc(Cl)c2)no1)NC1CCN(c2ccccc2)C1.I. The average Bonchev–Trinajstić information content (AvgIpc) is 3.43. The number of aliphatic imine (C=N–C) groups is 1. The van der Waals surface area contributed by atoms with Crippen LogP contribution in [0.2, 0.25) is 5.02 Å². The molecule has 1 fully saturated rings. The second-order valence-corrected chi connectivity index (χ2v) is 7.57. The third-order valence-corrected chi connectivity index (χ3v) is 5.15. The molecular weight excluding hydrogens is 527 g/mol. The van der Waals surface area contributed by atoms with Gasteiger partial charge < -0.3 is 20.1 Å². The summed E-state index contributed by atoms with van der Waals surface area (Å²) in [7, 11) is 0. The molecule has 4 rings (SSSR count). The number of guanidine groups is 1. The van der Waals surface area contributed by atoms with Crippen LogP contribution >= 0.6 is 35.6 Å². The number of para-hydroxylation sites is 1. The number of benzene rings is 2. The number of hydrogen-bond donors (Lipinski definition) is 2. The van der Waals surface area contributed by atoms with E-state index in [0.717, 1.165) is 37.6 Å². The molecule has 1 atom stereocenters. The molecule has 1 aromatic heterocycles. The van der Waals surface area contributed by atoms with Crippen molar-refractivity contribution in [2.24, 2.45) is 4.99 Å². The maximum atomic E-state index is 6.04. The summed E-state index contributed by atoms with van der Waals surface area (Å²) in [6.07, 6.45) is 1.05. The third kappa shape index (κ3) is 6.33. The Balaban J connectivity index is 0.00000272.